The smallest absolute Gasteiger partial charge is 0.320 e. The monoisotopic (exact) mass is 388 g/mol. The number of fused-ring (bicyclic) bond motifs is 1. The Labute approximate surface area is 167 Å². The number of hydrogen-bond donors (Lipinski definition) is 2. The third kappa shape index (κ3) is 4.49. The number of benzene rings is 1. The van der Waals surface area contributed by atoms with E-state index in [4.69, 9.17) is 4.74 Å². The number of ether oxygens (including phenoxy) is 1. The average Bonchev–Trinajstić information content (AvgIpc) is 3.06. The standard InChI is InChI=1S/C22H32N2O4/c1-3-17(16-10-6-8-12-20(16)28-4-2)23-21(25)14-24-18-11-7-5-9-15(18)13-19(24)22(26)27/h6,8,10,12,15,17-19H,3-5,7,9,11,13-14H2,1-2H3,(H,23,25)(H,26,27). The lowest BCUT2D eigenvalue weighted by molar-refractivity contribution is -0.143. The fourth-order valence-corrected chi connectivity index (χ4v) is 4.88. The molecule has 0 radical (unpaired) electrons. The third-order valence-corrected chi connectivity index (χ3v) is 6.17. The SMILES string of the molecule is CCOc1ccccc1C(CC)NC(=O)CN1C(C(=O)O)CC2CCCCC21. The van der Waals surface area contributed by atoms with Crippen molar-refractivity contribution in [2.45, 2.75) is 70.5 Å². The molecule has 0 bridgehead atoms. The minimum absolute atomic E-state index is 0.115. The van der Waals surface area contributed by atoms with Gasteiger partial charge in [0.15, 0.2) is 0 Å². The van der Waals surface area contributed by atoms with E-state index in [0.717, 1.165) is 37.0 Å². The number of nitrogens with one attached hydrogen (secondary N) is 1. The number of amides is 1. The summed E-state index contributed by atoms with van der Waals surface area (Å²) in [6, 6.07) is 7.29. The zero-order chi connectivity index (χ0) is 20.1. The molecule has 1 aliphatic heterocycles. The van der Waals surface area contributed by atoms with Crippen LogP contribution >= 0.6 is 0 Å². The predicted octanol–water partition coefficient (Wildman–Crippen LogP) is 3.37. The summed E-state index contributed by atoms with van der Waals surface area (Å²) in [6.45, 7) is 4.68. The molecule has 1 aromatic rings. The zero-order valence-corrected chi connectivity index (χ0v) is 16.9. The van der Waals surface area contributed by atoms with Crippen LogP contribution in [0.25, 0.3) is 0 Å². The van der Waals surface area contributed by atoms with Gasteiger partial charge in [0.05, 0.1) is 19.2 Å². The molecule has 1 heterocycles. The van der Waals surface area contributed by atoms with Crippen LogP contribution in [0.5, 0.6) is 5.75 Å². The molecule has 28 heavy (non-hydrogen) atoms. The number of aliphatic carboxylic acids is 1. The largest absolute Gasteiger partial charge is 0.494 e. The van der Waals surface area contributed by atoms with E-state index in [0.29, 0.717) is 18.9 Å². The molecule has 6 nitrogen and oxygen atoms in total. The van der Waals surface area contributed by atoms with Crippen molar-refractivity contribution in [1.29, 1.82) is 0 Å². The van der Waals surface area contributed by atoms with Gasteiger partial charge in [0.25, 0.3) is 0 Å². The quantitative estimate of drug-likeness (QED) is 0.714. The minimum Gasteiger partial charge on any atom is -0.494 e. The predicted molar refractivity (Wildman–Crippen MR) is 107 cm³/mol. The van der Waals surface area contributed by atoms with Crippen LogP contribution in [0, 0.1) is 5.92 Å². The summed E-state index contributed by atoms with van der Waals surface area (Å²) < 4.78 is 5.71. The number of likely N-dealkylation sites (tertiary alicyclic amines) is 1. The summed E-state index contributed by atoms with van der Waals surface area (Å²) in [6.07, 6.45) is 5.75. The second-order valence-corrected chi connectivity index (χ2v) is 7.87. The van der Waals surface area contributed by atoms with Crippen molar-refractivity contribution in [3.8, 4) is 5.75 Å². The van der Waals surface area contributed by atoms with Gasteiger partial charge in [0, 0.05) is 11.6 Å². The zero-order valence-electron chi connectivity index (χ0n) is 16.9. The van der Waals surface area contributed by atoms with E-state index in [1.807, 2.05) is 43.0 Å². The molecule has 3 rings (SSSR count). The topological polar surface area (TPSA) is 78.9 Å². The number of rotatable bonds is 8. The first-order valence-electron chi connectivity index (χ1n) is 10.5. The lowest BCUT2D eigenvalue weighted by Gasteiger charge is -2.33. The summed E-state index contributed by atoms with van der Waals surface area (Å²) in [5.74, 6) is 0.268. The maximum Gasteiger partial charge on any atom is 0.320 e. The molecule has 0 aromatic heterocycles. The Morgan fingerprint density at radius 3 is 2.71 bits per heavy atom. The van der Waals surface area contributed by atoms with E-state index in [9.17, 15) is 14.7 Å². The summed E-state index contributed by atoms with van der Waals surface area (Å²) in [7, 11) is 0. The minimum atomic E-state index is -0.809. The van der Waals surface area contributed by atoms with Crippen molar-refractivity contribution < 1.29 is 19.4 Å². The Balaban J connectivity index is 1.70. The van der Waals surface area contributed by atoms with E-state index in [-0.39, 0.29) is 24.5 Å². The molecule has 1 amide bonds. The molecule has 2 aliphatic rings. The molecule has 6 heteroatoms. The number of hydrogen-bond acceptors (Lipinski definition) is 4. The summed E-state index contributed by atoms with van der Waals surface area (Å²) in [5.41, 5.74) is 0.965. The Morgan fingerprint density at radius 2 is 2.00 bits per heavy atom. The Hall–Kier alpha value is -2.08. The normalized spacial score (nSPS) is 25.7. The van der Waals surface area contributed by atoms with Crippen molar-refractivity contribution in [3.05, 3.63) is 29.8 Å². The highest BCUT2D eigenvalue weighted by Crippen LogP contribution is 2.39. The highest BCUT2D eigenvalue weighted by molar-refractivity contribution is 5.80. The average molecular weight is 389 g/mol. The highest BCUT2D eigenvalue weighted by Gasteiger charge is 2.45. The molecular weight excluding hydrogens is 356 g/mol. The Kier molecular flexibility index (Phi) is 6.94. The number of para-hydroxylation sites is 1. The summed E-state index contributed by atoms with van der Waals surface area (Å²) in [4.78, 5) is 26.6. The molecular formula is C22H32N2O4. The van der Waals surface area contributed by atoms with Gasteiger partial charge >= 0.3 is 5.97 Å². The first-order chi connectivity index (χ1) is 13.5. The summed E-state index contributed by atoms with van der Waals surface area (Å²) in [5, 5.41) is 12.8. The third-order valence-electron chi connectivity index (χ3n) is 6.17. The van der Waals surface area contributed by atoms with Crippen LogP contribution in [0.2, 0.25) is 0 Å². The van der Waals surface area contributed by atoms with Crippen LogP contribution in [0.4, 0.5) is 0 Å². The lowest BCUT2D eigenvalue weighted by atomic mass is 9.85. The fourth-order valence-electron chi connectivity index (χ4n) is 4.88. The maximum absolute atomic E-state index is 12.9. The second-order valence-electron chi connectivity index (χ2n) is 7.87. The molecule has 2 N–H and O–H groups in total. The van der Waals surface area contributed by atoms with E-state index in [2.05, 4.69) is 5.32 Å². The molecule has 0 spiro atoms. The molecule has 1 aromatic carbocycles. The van der Waals surface area contributed by atoms with Crippen LogP contribution in [0.3, 0.4) is 0 Å². The Morgan fingerprint density at radius 1 is 1.25 bits per heavy atom. The molecule has 1 saturated heterocycles. The Bertz CT molecular complexity index is 693. The number of carboxylic acid groups (broad SMARTS) is 1. The van der Waals surface area contributed by atoms with Crippen LogP contribution in [-0.4, -0.2) is 47.1 Å². The number of carboxylic acids is 1. The van der Waals surface area contributed by atoms with E-state index < -0.39 is 12.0 Å². The lowest BCUT2D eigenvalue weighted by Crippen LogP contribution is -2.48. The second kappa shape index (κ2) is 9.41. The van der Waals surface area contributed by atoms with Crippen LogP contribution < -0.4 is 10.1 Å². The number of nitrogens with zero attached hydrogens (tertiary/aromatic N) is 1. The van der Waals surface area contributed by atoms with Gasteiger partial charge in [-0.1, -0.05) is 38.0 Å². The fraction of sp³-hybridized carbons (Fsp3) is 0.636. The van der Waals surface area contributed by atoms with Gasteiger partial charge < -0.3 is 15.2 Å². The molecule has 154 valence electrons. The van der Waals surface area contributed by atoms with Gasteiger partial charge in [-0.25, -0.2) is 0 Å². The molecule has 4 atom stereocenters. The van der Waals surface area contributed by atoms with Gasteiger partial charge in [0.1, 0.15) is 11.8 Å². The van der Waals surface area contributed by atoms with Crippen molar-refractivity contribution in [2.75, 3.05) is 13.2 Å². The first-order valence-corrected chi connectivity index (χ1v) is 10.5. The van der Waals surface area contributed by atoms with Gasteiger partial charge in [-0.05, 0) is 44.6 Å². The molecule has 1 saturated carbocycles. The summed E-state index contributed by atoms with van der Waals surface area (Å²) >= 11 is 0. The van der Waals surface area contributed by atoms with Crippen LogP contribution in [0.15, 0.2) is 24.3 Å². The van der Waals surface area contributed by atoms with Crippen molar-refractivity contribution in [3.63, 3.8) is 0 Å². The van der Waals surface area contributed by atoms with Gasteiger partial charge in [-0.3, -0.25) is 14.5 Å². The highest BCUT2D eigenvalue weighted by atomic mass is 16.5. The van der Waals surface area contributed by atoms with E-state index in [1.165, 1.54) is 6.42 Å². The van der Waals surface area contributed by atoms with E-state index >= 15 is 0 Å². The van der Waals surface area contributed by atoms with Crippen LogP contribution in [-0.2, 0) is 9.59 Å². The molecule has 1 aliphatic carbocycles. The van der Waals surface area contributed by atoms with Crippen LogP contribution in [0.1, 0.15) is 64.0 Å². The maximum atomic E-state index is 12.9. The van der Waals surface area contributed by atoms with Gasteiger partial charge in [-0.2, -0.15) is 0 Å². The van der Waals surface area contributed by atoms with Crippen molar-refractivity contribution >= 4 is 11.9 Å². The first kappa shape index (κ1) is 20.6. The van der Waals surface area contributed by atoms with Crippen molar-refractivity contribution in [2.24, 2.45) is 5.92 Å². The number of carbonyl (C=O) groups is 2. The van der Waals surface area contributed by atoms with E-state index in [1.54, 1.807) is 0 Å². The number of carbonyl (C=O) groups excluding carboxylic acids is 1. The van der Waals surface area contributed by atoms with Gasteiger partial charge in [-0.15, -0.1) is 0 Å². The molecule has 2 fully saturated rings. The molecule has 4 unspecified atom stereocenters. The van der Waals surface area contributed by atoms with Crippen molar-refractivity contribution in [1.82, 2.24) is 10.2 Å². The van der Waals surface area contributed by atoms with Gasteiger partial charge in [0.2, 0.25) is 5.91 Å².